The fourth-order valence-corrected chi connectivity index (χ4v) is 3.92. The maximum absolute atomic E-state index is 12.0. The SMILES string of the molecule is O=C(NCCOC1=CC=C(c2nc(Nc3ccc4[nH]ncc4c3)n[nH]2)CC1)N1CCCC1. The van der Waals surface area contributed by atoms with Gasteiger partial charge in [-0.25, -0.2) is 4.79 Å². The maximum atomic E-state index is 12.0. The molecule has 1 aliphatic heterocycles. The van der Waals surface area contributed by atoms with E-state index in [0.29, 0.717) is 19.1 Å². The van der Waals surface area contributed by atoms with Crippen LogP contribution in [0.5, 0.6) is 0 Å². The number of hydrogen-bond acceptors (Lipinski definition) is 6. The van der Waals surface area contributed by atoms with Crippen LogP contribution in [0.25, 0.3) is 16.5 Å². The van der Waals surface area contributed by atoms with Gasteiger partial charge >= 0.3 is 6.03 Å². The van der Waals surface area contributed by atoms with Crippen LogP contribution in [0.3, 0.4) is 0 Å². The molecule has 3 heterocycles. The molecule has 0 spiro atoms. The Morgan fingerprint density at radius 3 is 2.91 bits per heavy atom. The highest BCUT2D eigenvalue weighted by atomic mass is 16.5. The summed E-state index contributed by atoms with van der Waals surface area (Å²) >= 11 is 0. The number of nitrogens with one attached hydrogen (secondary N) is 4. The number of anilines is 2. The van der Waals surface area contributed by atoms with Gasteiger partial charge in [-0.3, -0.25) is 10.2 Å². The van der Waals surface area contributed by atoms with E-state index in [1.165, 1.54) is 0 Å². The number of allylic oxidation sites excluding steroid dienone is 4. The van der Waals surface area contributed by atoms with Crippen LogP contribution in [-0.2, 0) is 4.74 Å². The summed E-state index contributed by atoms with van der Waals surface area (Å²) in [6, 6.07) is 5.92. The number of urea groups is 1. The second-order valence-electron chi connectivity index (χ2n) is 7.90. The van der Waals surface area contributed by atoms with E-state index in [0.717, 1.165) is 72.5 Å². The molecule has 0 atom stereocenters. The molecule has 2 aliphatic rings. The molecule has 0 bridgehead atoms. The zero-order valence-corrected chi connectivity index (χ0v) is 17.7. The van der Waals surface area contributed by atoms with E-state index < -0.39 is 0 Å². The molecule has 0 radical (unpaired) electrons. The minimum atomic E-state index is 0.00493. The number of ether oxygens (including phenoxy) is 1. The molecule has 2 aromatic heterocycles. The first-order valence-corrected chi connectivity index (χ1v) is 10.9. The zero-order chi connectivity index (χ0) is 21.8. The number of carbonyl (C=O) groups is 1. The van der Waals surface area contributed by atoms with Crippen molar-refractivity contribution in [1.82, 2.24) is 35.6 Å². The van der Waals surface area contributed by atoms with Crippen molar-refractivity contribution in [2.75, 3.05) is 31.6 Å². The van der Waals surface area contributed by atoms with Crippen LogP contribution in [0.4, 0.5) is 16.4 Å². The van der Waals surface area contributed by atoms with Gasteiger partial charge in [-0.05, 0) is 49.1 Å². The third kappa shape index (κ3) is 4.58. The number of aromatic amines is 2. The van der Waals surface area contributed by atoms with Gasteiger partial charge in [-0.15, -0.1) is 5.10 Å². The van der Waals surface area contributed by atoms with E-state index >= 15 is 0 Å². The summed E-state index contributed by atoms with van der Waals surface area (Å²) in [5.74, 6) is 2.17. The molecule has 3 aromatic rings. The molecule has 32 heavy (non-hydrogen) atoms. The lowest BCUT2D eigenvalue weighted by Gasteiger charge is -2.17. The quantitative estimate of drug-likeness (QED) is 0.423. The largest absolute Gasteiger partial charge is 0.496 e. The van der Waals surface area contributed by atoms with Gasteiger partial charge in [-0.2, -0.15) is 10.1 Å². The van der Waals surface area contributed by atoms with E-state index in [1.807, 2.05) is 35.3 Å². The monoisotopic (exact) mass is 434 g/mol. The van der Waals surface area contributed by atoms with E-state index in [-0.39, 0.29) is 6.03 Å². The van der Waals surface area contributed by atoms with Crippen molar-refractivity contribution in [2.24, 2.45) is 0 Å². The average Bonchev–Trinajstić information content (AvgIpc) is 3.59. The topological polar surface area (TPSA) is 124 Å². The molecule has 5 rings (SSSR count). The van der Waals surface area contributed by atoms with Crippen LogP contribution in [0.1, 0.15) is 31.5 Å². The van der Waals surface area contributed by atoms with Gasteiger partial charge in [0, 0.05) is 30.6 Å². The second-order valence-corrected chi connectivity index (χ2v) is 7.90. The molecule has 166 valence electrons. The summed E-state index contributed by atoms with van der Waals surface area (Å²) < 4.78 is 5.81. The first-order valence-electron chi connectivity index (χ1n) is 10.9. The number of fused-ring (bicyclic) bond motifs is 1. The number of hydrogen-bond donors (Lipinski definition) is 4. The predicted molar refractivity (Wildman–Crippen MR) is 121 cm³/mol. The number of amides is 2. The Morgan fingerprint density at radius 2 is 2.06 bits per heavy atom. The van der Waals surface area contributed by atoms with Gasteiger partial charge in [0.25, 0.3) is 0 Å². The van der Waals surface area contributed by atoms with Crippen LogP contribution in [0, 0.1) is 0 Å². The molecule has 4 N–H and O–H groups in total. The molecule has 2 amide bonds. The van der Waals surface area contributed by atoms with Crippen molar-refractivity contribution in [1.29, 1.82) is 0 Å². The Balaban J connectivity index is 1.12. The molecule has 0 unspecified atom stereocenters. The highest BCUT2D eigenvalue weighted by Crippen LogP contribution is 2.26. The number of aromatic nitrogens is 5. The number of rotatable bonds is 7. The fraction of sp³-hybridized carbons (Fsp3) is 0.364. The first-order chi connectivity index (χ1) is 15.7. The molecule has 1 saturated heterocycles. The Hall–Kier alpha value is -3.82. The average molecular weight is 435 g/mol. The predicted octanol–water partition coefficient (Wildman–Crippen LogP) is 3.31. The third-order valence-electron chi connectivity index (χ3n) is 5.66. The summed E-state index contributed by atoms with van der Waals surface area (Å²) in [7, 11) is 0. The lowest BCUT2D eigenvalue weighted by Crippen LogP contribution is -2.39. The van der Waals surface area contributed by atoms with Crippen molar-refractivity contribution < 1.29 is 9.53 Å². The lowest BCUT2D eigenvalue weighted by atomic mass is 10.0. The van der Waals surface area contributed by atoms with Gasteiger partial charge in [0.15, 0.2) is 5.82 Å². The Labute approximate surface area is 185 Å². The van der Waals surface area contributed by atoms with E-state index in [2.05, 4.69) is 36.0 Å². The third-order valence-corrected chi connectivity index (χ3v) is 5.66. The highest BCUT2D eigenvalue weighted by molar-refractivity contribution is 5.82. The molecule has 1 aromatic carbocycles. The summed E-state index contributed by atoms with van der Waals surface area (Å²) in [5, 5.41) is 21.4. The van der Waals surface area contributed by atoms with Crippen molar-refractivity contribution in [3.05, 3.63) is 48.1 Å². The minimum absolute atomic E-state index is 0.00493. The molecule has 10 heteroatoms. The van der Waals surface area contributed by atoms with Crippen LogP contribution in [-0.4, -0.2) is 62.6 Å². The number of likely N-dealkylation sites (tertiary alicyclic amines) is 1. The molecule has 0 saturated carbocycles. The normalized spacial score (nSPS) is 16.1. The molecular weight excluding hydrogens is 408 g/mol. The lowest BCUT2D eigenvalue weighted by molar-refractivity contribution is 0.187. The Bertz CT molecular complexity index is 1160. The van der Waals surface area contributed by atoms with Crippen molar-refractivity contribution >= 4 is 34.1 Å². The van der Waals surface area contributed by atoms with Crippen molar-refractivity contribution in [2.45, 2.75) is 25.7 Å². The van der Waals surface area contributed by atoms with Crippen LogP contribution in [0.15, 0.2) is 42.3 Å². The van der Waals surface area contributed by atoms with Crippen LogP contribution < -0.4 is 10.6 Å². The standard InChI is InChI=1S/C22H26N8O2/c31-22(30-10-1-2-11-30)23-9-12-32-18-6-3-15(4-7-18)20-26-21(29-28-20)25-17-5-8-19-16(13-17)14-24-27-19/h3,5-6,8,13-14H,1-2,4,7,9-12H2,(H,23,31)(H,24,27)(H2,25,26,28,29). The number of carbonyl (C=O) groups excluding carboxylic acids is 1. The maximum Gasteiger partial charge on any atom is 0.317 e. The summed E-state index contributed by atoms with van der Waals surface area (Å²) in [4.78, 5) is 18.4. The molecular formula is C22H26N8O2. The van der Waals surface area contributed by atoms with E-state index in [4.69, 9.17) is 4.74 Å². The molecule has 1 aliphatic carbocycles. The Morgan fingerprint density at radius 1 is 1.16 bits per heavy atom. The van der Waals surface area contributed by atoms with E-state index in [9.17, 15) is 4.79 Å². The van der Waals surface area contributed by atoms with Crippen molar-refractivity contribution in [3.63, 3.8) is 0 Å². The smallest absolute Gasteiger partial charge is 0.317 e. The minimum Gasteiger partial charge on any atom is -0.496 e. The summed E-state index contributed by atoms with van der Waals surface area (Å²) in [6.07, 6.45) is 9.52. The van der Waals surface area contributed by atoms with Gasteiger partial charge < -0.3 is 20.3 Å². The fourth-order valence-electron chi connectivity index (χ4n) is 3.92. The van der Waals surface area contributed by atoms with Crippen LogP contribution >= 0.6 is 0 Å². The first kappa shape index (κ1) is 20.1. The number of nitrogens with zero attached hydrogens (tertiary/aromatic N) is 4. The number of H-pyrrole nitrogens is 2. The summed E-state index contributed by atoms with van der Waals surface area (Å²) in [6.45, 7) is 2.67. The highest BCUT2D eigenvalue weighted by Gasteiger charge is 2.17. The van der Waals surface area contributed by atoms with Crippen molar-refractivity contribution in [3.8, 4) is 0 Å². The van der Waals surface area contributed by atoms with E-state index in [1.54, 1.807) is 6.20 Å². The molecule has 10 nitrogen and oxygen atoms in total. The van der Waals surface area contributed by atoms with Gasteiger partial charge in [0.2, 0.25) is 5.95 Å². The molecule has 1 fully saturated rings. The van der Waals surface area contributed by atoms with Gasteiger partial charge in [-0.1, -0.05) is 6.08 Å². The van der Waals surface area contributed by atoms with Gasteiger partial charge in [0.1, 0.15) is 6.61 Å². The summed E-state index contributed by atoms with van der Waals surface area (Å²) in [5.41, 5.74) is 2.96. The number of benzene rings is 1. The van der Waals surface area contributed by atoms with Gasteiger partial charge in [0.05, 0.1) is 24.0 Å². The van der Waals surface area contributed by atoms with Crippen LogP contribution in [0.2, 0.25) is 0 Å². The Kier molecular flexibility index (Phi) is 5.73. The second kappa shape index (κ2) is 9.13. The zero-order valence-electron chi connectivity index (χ0n) is 17.7.